The molecule has 0 atom stereocenters. The van der Waals surface area contributed by atoms with Crippen LogP contribution >= 0.6 is 0 Å². The van der Waals surface area contributed by atoms with Crippen LogP contribution in [0.25, 0.3) is 22.4 Å². The molecule has 0 spiro atoms. The number of rotatable bonds is 4. The third kappa shape index (κ3) is 2.60. The van der Waals surface area contributed by atoms with Crippen molar-refractivity contribution in [3.05, 3.63) is 30.5 Å². The highest BCUT2D eigenvalue weighted by molar-refractivity contribution is 5.79. The maximum Gasteiger partial charge on any atom is 0.247 e. The van der Waals surface area contributed by atoms with E-state index in [9.17, 15) is 0 Å². The fourth-order valence-corrected chi connectivity index (χ4v) is 2.04. The summed E-state index contributed by atoms with van der Waals surface area (Å²) >= 11 is 0. The third-order valence-electron chi connectivity index (χ3n) is 3.06. The van der Waals surface area contributed by atoms with Crippen molar-refractivity contribution < 1.29 is 9.47 Å². The first-order chi connectivity index (χ1) is 10.7. The molecule has 1 aromatic carbocycles. The molecule has 0 amide bonds. The molecule has 0 saturated heterocycles. The highest BCUT2D eigenvalue weighted by atomic mass is 16.5. The van der Waals surface area contributed by atoms with Gasteiger partial charge in [-0.05, 0) is 31.2 Å². The minimum Gasteiger partial charge on any atom is -0.497 e. The fraction of sp³-hybridized carbons (Fsp3) is 0.200. The quantitative estimate of drug-likeness (QED) is 0.787. The molecule has 22 heavy (non-hydrogen) atoms. The number of anilines is 1. The summed E-state index contributed by atoms with van der Waals surface area (Å²) in [5.74, 6) is 1.24. The Morgan fingerprint density at radius 2 is 1.86 bits per heavy atom. The topological polar surface area (TPSA) is 96.0 Å². The van der Waals surface area contributed by atoms with Crippen LogP contribution in [0.3, 0.4) is 0 Å². The van der Waals surface area contributed by atoms with Crippen molar-refractivity contribution in [1.82, 2.24) is 19.9 Å². The van der Waals surface area contributed by atoms with Gasteiger partial charge in [0.1, 0.15) is 5.75 Å². The van der Waals surface area contributed by atoms with E-state index in [1.165, 1.54) is 0 Å². The molecule has 7 nitrogen and oxygen atoms in total. The molecule has 3 aromatic rings. The highest BCUT2D eigenvalue weighted by Crippen LogP contribution is 2.25. The molecule has 0 radical (unpaired) electrons. The Kier molecular flexibility index (Phi) is 3.69. The van der Waals surface area contributed by atoms with Crippen LogP contribution in [0.2, 0.25) is 0 Å². The molecule has 2 N–H and O–H groups in total. The molecule has 0 saturated carbocycles. The number of ether oxygens (including phenoxy) is 2. The first-order valence-electron chi connectivity index (χ1n) is 6.78. The third-order valence-corrected chi connectivity index (χ3v) is 3.06. The van der Waals surface area contributed by atoms with Gasteiger partial charge in [0.2, 0.25) is 11.8 Å². The second-order valence-electron chi connectivity index (χ2n) is 4.48. The summed E-state index contributed by atoms with van der Waals surface area (Å²) in [5.41, 5.74) is 8.16. The summed E-state index contributed by atoms with van der Waals surface area (Å²) in [4.78, 5) is 17.0. The summed E-state index contributed by atoms with van der Waals surface area (Å²) in [6.07, 6.45) is 1.65. The van der Waals surface area contributed by atoms with Crippen LogP contribution in [0.1, 0.15) is 6.92 Å². The van der Waals surface area contributed by atoms with Gasteiger partial charge in [-0.1, -0.05) is 0 Å². The summed E-state index contributed by atoms with van der Waals surface area (Å²) in [5, 5.41) is 0. The average Bonchev–Trinajstić information content (AvgIpc) is 2.55. The number of fused-ring (bicyclic) bond motifs is 1. The van der Waals surface area contributed by atoms with E-state index in [2.05, 4.69) is 19.9 Å². The lowest BCUT2D eigenvalue weighted by atomic mass is 10.1. The lowest BCUT2D eigenvalue weighted by Gasteiger charge is -2.08. The molecule has 7 heteroatoms. The molecule has 2 aromatic heterocycles. The average molecular weight is 297 g/mol. The Bertz CT molecular complexity index is 805. The largest absolute Gasteiger partial charge is 0.497 e. The van der Waals surface area contributed by atoms with Crippen LogP contribution in [0.15, 0.2) is 30.5 Å². The second kappa shape index (κ2) is 5.80. The van der Waals surface area contributed by atoms with Gasteiger partial charge in [-0.2, -0.15) is 9.97 Å². The van der Waals surface area contributed by atoms with Crippen molar-refractivity contribution in [2.24, 2.45) is 0 Å². The Hall–Kier alpha value is -2.96. The lowest BCUT2D eigenvalue weighted by Crippen LogP contribution is -2.04. The first-order valence-corrected chi connectivity index (χ1v) is 6.78. The normalized spacial score (nSPS) is 10.6. The number of methoxy groups -OCH3 is 1. The molecule has 3 rings (SSSR count). The number of aromatic nitrogens is 4. The molecule has 2 heterocycles. The van der Waals surface area contributed by atoms with Crippen LogP contribution in [-0.4, -0.2) is 33.7 Å². The number of nitrogen functional groups attached to an aromatic ring is 1. The number of nitrogens with zero attached hydrogens (tertiary/aromatic N) is 4. The van der Waals surface area contributed by atoms with Crippen LogP contribution in [0.4, 0.5) is 5.95 Å². The van der Waals surface area contributed by atoms with Crippen molar-refractivity contribution in [3.63, 3.8) is 0 Å². The molecule has 0 aliphatic rings. The summed E-state index contributed by atoms with van der Waals surface area (Å²) in [7, 11) is 1.63. The molecular weight excluding hydrogens is 282 g/mol. The molecule has 0 fully saturated rings. The zero-order valence-corrected chi connectivity index (χ0v) is 12.3. The number of hydrogen-bond acceptors (Lipinski definition) is 7. The zero-order valence-electron chi connectivity index (χ0n) is 12.3. The van der Waals surface area contributed by atoms with Gasteiger partial charge < -0.3 is 15.2 Å². The Labute approximate surface area is 127 Å². The Morgan fingerprint density at radius 3 is 2.55 bits per heavy atom. The minimum atomic E-state index is 0.113. The van der Waals surface area contributed by atoms with Gasteiger partial charge in [0.15, 0.2) is 11.2 Å². The van der Waals surface area contributed by atoms with E-state index in [-0.39, 0.29) is 5.95 Å². The molecule has 112 valence electrons. The van der Waals surface area contributed by atoms with Crippen LogP contribution in [0, 0.1) is 0 Å². The van der Waals surface area contributed by atoms with Crippen molar-refractivity contribution in [3.8, 4) is 22.9 Å². The number of nitrogens with two attached hydrogens (primary N) is 1. The maximum absolute atomic E-state index is 5.65. The minimum absolute atomic E-state index is 0.113. The van der Waals surface area contributed by atoms with E-state index < -0.39 is 0 Å². The Morgan fingerprint density at radius 1 is 1.09 bits per heavy atom. The van der Waals surface area contributed by atoms with Crippen molar-refractivity contribution in [2.45, 2.75) is 6.92 Å². The SMILES string of the molecule is CCOc1nc(N)nc2ncc(-c3ccc(OC)cc3)nc12. The highest BCUT2D eigenvalue weighted by Gasteiger charge is 2.12. The zero-order chi connectivity index (χ0) is 15.5. The maximum atomic E-state index is 5.65. The number of hydrogen-bond donors (Lipinski definition) is 1. The van der Waals surface area contributed by atoms with Crippen molar-refractivity contribution in [2.75, 3.05) is 19.5 Å². The van der Waals surface area contributed by atoms with E-state index in [1.54, 1.807) is 13.3 Å². The van der Waals surface area contributed by atoms with E-state index in [4.69, 9.17) is 15.2 Å². The van der Waals surface area contributed by atoms with Crippen molar-refractivity contribution in [1.29, 1.82) is 0 Å². The standard InChI is InChI=1S/C15H15N5O2/c1-3-22-14-12-13(19-15(16)20-14)17-8-11(18-12)9-4-6-10(21-2)7-5-9/h4-8H,3H2,1-2H3,(H2,16,17,19,20). The van der Waals surface area contributed by atoms with E-state index >= 15 is 0 Å². The number of benzene rings is 1. The van der Waals surface area contributed by atoms with Crippen LogP contribution < -0.4 is 15.2 Å². The van der Waals surface area contributed by atoms with Gasteiger partial charge in [0.05, 0.1) is 25.6 Å². The first kappa shape index (κ1) is 14.0. The molecule has 0 aliphatic heterocycles. The Balaban J connectivity index is 2.11. The van der Waals surface area contributed by atoms with Gasteiger partial charge >= 0.3 is 0 Å². The fourth-order valence-electron chi connectivity index (χ4n) is 2.04. The predicted octanol–water partition coefficient (Wildman–Crippen LogP) is 2.08. The van der Waals surface area contributed by atoms with Gasteiger partial charge in [0, 0.05) is 5.56 Å². The van der Waals surface area contributed by atoms with Crippen LogP contribution in [0.5, 0.6) is 11.6 Å². The summed E-state index contributed by atoms with van der Waals surface area (Å²) < 4.78 is 10.6. The molecule has 0 unspecified atom stereocenters. The van der Waals surface area contributed by atoms with E-state index in [0.29, 0.717) is 29.3 Å². The predicted molar refractivity (Wildman–Crippen MR) is 82.7 cm³/mol. The lowest BCUT2D eigenvalue weighted by molar-refractivity contribution is 0.330. The van der Waals surface area contributed by atoms with Crippen molar-refractivity contribution >= 4 is 17.1 Å². The second-order valence-corrected chi connectivity index (χ2v) is 4.48. The van der Waals surface area contributed by atoms with Gasteiger partial charge in [0.25, 0.3) is 0 Å². The van der Waals surface area contributed by atoms with Gasteiger partial charge in [-0.25, -0.2) is 9.97 Å². The van der Waals surface area contributed by atoms with E-state index in [1.807, 2.05) is 31.2 Å². The van der Waals surface area contributed by atoms with Gasteiger partial charge in [-0.15, -0.1) is 0 Å². The van der Waals surface area contributed by atoms with E-state index in [0.717, 1.165) is 11.3 Å². The van der Waals surface area contributed by atoms with Gasteiger partial charge in [-0.3, -0.25) is 0 Å². The molecule has 0 bridgehead atoms. The summed E-state index contributed by atoms with van der Waals surface area (Å²) in [6.45, 7) is 2.32. The smallest absolute Gasteiger partial charge is 0.247 e. The monoisotopic (exact) mass is 297 g/mol. The molecule has 0 aliphatic carbocycles. The molecular formula is C15H15N5O2. The van der Waals surface area contributed by atoms with Crippen LogP contribution in [-0.2, 0) is 0 Å². The summed E-state index contributed by atoms with van der Waals surface area (Å²) in [6, 6.07) is 7.55.